The summed E-state index contributed by atoms with van der Waals surface area (Å²) in [5.74, 6) is 0.677. The highest BCUT2D eigenvalue weighted by molar-refractivity contribution is 8.04. The van der Waals surface area contributed by atoms with Crippen molar-refractivity contribution in [2.45, 2.75) is 12.2 Å². The zero-order valence-electron chi connectivity index (χ0n) is 8.56. The van der Waals surface area contributed by atoms with Crippen molar-refractivity contribution >= 4 is 17.5 Å². The number of Topliss-reactive ketones (excluding diaryl/α,β-unsaturated/α-hetero) is 1. The third-order valence-corrected chi connectivity index (χ3v) is 2.65. The Hall–Kier alpha value is -1.47. The fraction of sp³-hybridized carbons (Fsp3) is 0.273. The number of nitriles is 1. The minimum atomic E-state index is -0.330. The highest BCUT2D eigenvalue weighted by Crippen LogP contribution is 2.17. The Morgan fingerprint density at radius 2 is 2.07 bits per heavy atom. The normalized spacial score (nSPS) is 11.5. The van der Waals surface area contributed by atoms with Crippen LogP contribution >= 0.6 is 11.8 Å². The van der Waals surface area contributed by atoms with Gasteiger partial charge in [0.15, 0.2) is 5.78 Å². The predicted molar refractivity (Wildman–Crippen MR) is 60.0 cm³/mol. The van der Waals surface area contributed by atoms with Crippen LogP contribution in [0.15, 0.2) is 24.3 Å². The third kappa shape index (κ3) is 3.00. The largest absolute Gasteiger partial charge is 0.497 e. The summed E-state index contributed by atoms with van der Waals surface area (Å²) < 4.78 is 4.99. The van der Waals surface area contributed by atoms with Gasteiger partial charge in [-0.25, -0.2) is 0 Å². The Bertz CT molecular complexity index is 381. The van der Waals surface area contributed by atoms with Gasteiger partial charge in [0.05, 0.1) is 12.4 Å². The number of rotatable bonds is 4. The first-order valence-electron chi connectivity index (χ1n) is 4.42. The zero-order chi connectivity index (χ0) is 11.3. The highest BCUT2D eigenvalue weighted by atomic mass is 32.2. The number of hydrogen-bond donors (Lipinski definition) is 0. The summed E-state index contributed by atoms with van der Waals surface area (Å²) in [6.45, 7) is 1.72. The molecule has 1 rings (SSSR count). The molecule has 1 aromatic rings. The number of carbonyl (C=O) groups excluding carboxylic acids is 1. The van der Waals surface area contributed by atoms with E-state index in [1.54, 1.807) is 38.3 Å². The maximum absolute atomic E-state index is 11.7. The van der Waals surface area contributed by atoms with Crippen molar-refractivity contribution in [2.75, 3.05) is 7.11 Å². The highest BCUT2D eigenvalue weighted by Gasteiger charge is 2.15. The van der Waals surface area contributed by atoms with Gasteiger partial charge in [-0.15, -0.1) is 0 Å². The van der Waals surface area contributed by atoms with E-state index in [-0.39, 0.29) is 11.0 Å². The van der Waals surface area contributed by atoms with Gasteiger partial charge in [0.25, 0.3) is 0 Å². The molecule has 0 aliphatic rings. The zero-order valence-corrected chi connectivity index (χ0v) is 9.38. The first-order valence-corrected chi connectivity index (χ1v) is 5.30. The van der Waals surface area contributed by atoms with Crippen LogP contribution in [0.1, 0.15) is 17.3 Å². The van der Waals surface area contributed by atoms with Crippen molar-refractivity contribution in [3.8, 4) is 11.2 Å². The van der Waals surface area contributed by atoms with Crippen molar-refractivity contribution in [1.82, 2.24) is 0 Å². The molecule has 1 aromatic carbocycles. The van der Waals surface area contributed by atoms with E-state index < -0.39 is 0 Å². The van der Waals surface area contributed by atoms with Crippen LogP contribution in [0.5, 0.6) is 5.75 Å². The van der Waals surface area contributed by atoms with E-state index in [1.165, 1.54) is 0 Å². The van der Waals surface area contributed by atoms with Crippen LogP contribution in [0.4, 0.5) is 0 Å². The molecule has 0 N–H and O–H groups in total. The quantitative estimate of drug-likeness (QED) is 0.579. The van der Waals surface area contributed by atoms with Crippen molar-refractivity contribution in [1.29, 1.82) is 5.26 Å². The summed E-state index contributed by atoms with van der Waals surface area (Å²) in [4.78, 5) is 11.7. The molecular weight excluding hydrogens is 210 g/mol. The predicted octanol–water partition coefficient (Wildman–Crippen LogP) is 2.48. The minimum Gasteiger partial charge on any atom is -0.497 e. The molecule has 0 saturated heterocycles. The summed E-state index contributed by atoms with van der Waals surface area (Å²) >= 11 is 0.969. The molecule has 0 spiro atoms. The van der Waals surface area contributed by atoms with Gasteiger partial charge in [0.2, 0.25) is 0 Å². The van der Waals surface area contributed by atoms with E-state index in [1.807, 2.05) is 5.40 Å². The van der Waals surface area contributed by atoms with Gasteiger partial charge in [0, 0.05) is 5.56 Å². The maximum Gasteiger partial charge on any atom is 0.176 e. The number of thioether (sulfide) groups is 1. The van der Waals surface area contributed by atoms with E-state index in [2.05, 4.69) is 0 Å². The average molecular weight is 221 g/mol. The van der Waals surface area contributed by atoms with E-state index in [0.717, 1.165) is 11.8 Å². The lowest BCUT2D eigenvalue weighted by Gasteiger charge is -2.06. The number of nitrogens with zero attached hydrogens (tertiary/aromatic N) is 1. The molecule has 0 bridgehead atoms. The molecule has 0 aliphatic heterocycles. The third-order valence-electron chi connectivity index (χ3n) is 1.97. The second kappa shape index (κ2) is 5.42. The summed E-state index contributed by atoms with van der Waals surface area (Å²) in [5, 5.41) is 10.0. The Kier molecular flexibility index (Phi) is 4.19. The average Bonchev–Trinajstić information content (AvgIpc) is 2.28. The second-order valence-electron chi connectivity index (χ2n) is 2.94. The van der Waals surface area contributed by atoms with Crippen molar-refractivity contribution < 1.29 is 9.53 Å². The monoisotopic (exact) mass is 221 g/mol. The first kappa shape index (κ1) is 11.6. The van der Waals surface area contributed by atoms with Crippen molar-refractivity contribution in [2.24, 2.45) is 0 Å². The lowest BCUT2D eigenvalue weighted by atomic mass is 10.1. The Morgan fingerprint density at radius 3 is 2.53 bits per heavy atom. The molecule has 0 fully saturated rings. The number of thiocyanates is 1. The standard InChI is InChI=1S/C11H11NO2S/c1-8(15-7-12)11(13)9-3-5-10(14-2)6-4-9/h3-6,8H,1-2H3. The molecule has 4 heteroatoms. The van der Waals surface area contributed by atoms with E-state index in [0.29, 0.717) is 11.3 Å². The molecule has 0 aliphatic carbocycles. The summed E-state index contributed by atoms with van der Waals surface area (Å²) in [7, 11) is 1.57. The Balaban J connectivity index is 2.79. The fourth-order valence-electron chi connectivity index (χ4n) is 1.12. The first-order chi connectivity index (χ1) is 7.19. The van der Waals surface area contributed by atoms with E-state index in [9.17, 15) is 4.79 Å². The molecular formula is C11H11NO2S. The molecule has 1 atom stereocenters. The molecule has 15 heavy (non-hydrogen) atoms. The topological polar surface area (TPSA) is 50.1 Å². The van der Waals surface area contributed by atoms with Gasteiger partial charge in [-0.05, 0) is 43.0 Å². The molecule has 0 heterocycles. The lowest BCUT2D eigenvalue weighted by Crippen LogP contribution is -2.12. The van der Waals surface area contributed by atoms with Gasteiger partial charge in [0.1, 0.15) is 11.2 Å². The van der Waals surface area contributed by atoms with Crippen LogP contribution in [0.3, 0.4) is 0 Å². The van der Waals surface area contributed by atoms with E-state index >= 15 is 0 Å². The number of methoxy groups -OCH3 is 1. The van der Waals surface area contributed by atoms with Crippen molar-refractivity contribution in [3.05, 3.63) is 29.8 Å². The second-order valence-corrected chi connectivity index (χ2v) is 4.07. The molecule has 0 radical (unpaired) electrons. The summed E-state index contributed by atoms with van der Waals surface area (Å²) in [6.07, 6.45) is 0. The SMILES string of the molecule is COc1ccc(C(=O)C(C)SC#N)cc1. The summed E-state index contributed by atoms with van der Waals surface area (Å²) in [6, 6.07) is 6.87. The molecule has 1 unspecified atom stereocenters. The van der Waals surface area contributed by atoms with Crippen LogP contribution in [-0.4, -0.2) is 18.1 Å². The number of benzene rings is 1. The van der Waals surface area contributed by atoms with Crippen molar-refractivity contribution in [3.63, 3.8) is 0 Å². The fourth-order valence-corrected chi connectivity index (χ4v) is 1.52. The molecule has 78 valence electrons. The Labute approximate surface area is 93.0 Å². The van der Waals surface area contributed by atoms with Crippen LogP contribution in [0.25, 0.3) is 0 Å². The molecule has 0 aromatic heterocycles. The maximum atomic E-state index is 11.7. The van der Waals surface area contributed by atoms with Crippen LogP contribution < -0.4 is 4.74 Å². The van der Waals surface area contributed by atoms with Gasteiger partial charge < -0.3 is 4.74 Å². The molecule has 0 amide bonds. The molecule has 0 saturated carbocycles. The van der Waals surface area contributed by atoms with Crippen LogP contribution in [0, 0.1) is 10.7 Å². The number of hydrogen-bond acceptors (Lipinski definition) is 4. The van der Waals surface area contributed by atoms with Gasteiger partial charge in [-0.2, -0.15) is 5.26 Å². The number of ether oxygens (including phenoxy) is 1. The smallest absolute Gasteiger partial charge is 0.176 e. The Morgan fingerprint density at radius 1 is 1.47 bits per heavy atom. The van der Waals surface area contributed by atoms with Crippen LogP contribution in [0.2, 0.25) is 0 Å². The van der Waals surface area contributed by atoms with Gasteiger partial charge >= 0.3 is 0 Å². The van der Waals surface area contributed by atoms with Gasteiger partial charge in [-0.1, -0.05) is 0 Å². The minimum absolute atomic E-state index is 0.0378. The number of carbonyl (C=O) groups is 1. The van der Waals surface area contributed by atoms with E-state index in [4.69, 9.17) is 10.00 Å². The summed E-state index contributed by atoms with van der Waals surface area (Å²) in [5.41, 5.74) is 0.603. The van der Waals surface area contributed by atoms with Gasteiger partial charge in [-0.3, -0.25) is 4.79 Å². The lowest BCUT2D eigenvalue weighted by molar-refractivity contribution is 0.0994. The molecule has 3 nitrogen and oxygen atoms in total. The van der Waals surface area contributed by atoms with Crippen LogP contribution in [-0.2, 0) is 0 Å². The number of ketones is 1.